The maximum Gasteiger partial charge on any atom is 0.410 e. The third kappa shape index (κ3) is 3.08. The molecule has 2 heterocycles. The number of hydrogen-bond acceptors (Lipinski definition) is 6. The van der Waals surface area contributed by atoms with Gasteiger partial charge in [-0.1, -0.05) is 6.92 Å². The smallest absolute Gasteiger partial charge is 0.358 e. The van der Waals surface area contributed by atoms with E-state index in [1.54, 1.807) is 11.7 Å². The third-order valence-electron chi connectivity index (χ3n) is 2.90. The zero-order chi connectivity index (χ0) is 15.8. The van der Waals surface area contributed by atoms with Crippen LogP contribution in [0.15, 0.2) is 17.2 Å². The first kappa shape index (κ1) is 15.1. The van der Waals surface area contributed by atoms with E-state index >= 15 is 0 Å². The molecule has 0 atom stereocenters. The van der Waals surface area contributed by atoms with Crippen molar-refractivity contribution in [2.75, 3.05) is 0 Å². The highest BCUT2D eigenvalue weighted by molar-refractivity contribution is 7.89. The van der Waals surface area contributed by atoms with Crippen LogP contribution >= 0.6 is 0 Å². The first-order chi connectivity index (χ1) is 9.72. The number of aromatic nitrogens is 4. The molecular formula is C10H14N6O4S. The Morgan fingerprint density at radius 2 is 2.10 bits per heavy atom. The topological polar surface area (TPSA) is 139 Å². The molecule has 114 valence electrons. The Bertz CT molecular complexity index is 791. The largest absolute Gasteiger partial charge is 0.410 e. The van der Waals surface area contributed by atoms with E-state index in [0.29, 0.717) is 0 Å². The summed E-state index contributed by atoms with van der Waals surface area (Å²) in [5.74, 6) is -0.782. The van der Waals surface area contributed by atoms with Crippen molar-refractivity contribution in [3.8, 4) is 0 Å². The minimum Gasteiger partial charge on any atom is -0.358 e. The second kappa shape index (κ2) is 5.26. The second-order valence-corrected chi connectivity index (χ2v) is 5.95. The van der Waals surface area contributed by atoms with Crippen molar-refractivity contribution in [1.82, 2.24) is 19.6 Å². The van der Waals surface area contributed by atoms with Crippen LogP contribution in [-0.2, 0) is 30.0 Å². The zero-order valence-corrected chi connectivity index (χ0v) is 12.2. The Kier molecular flexibility index (Phi) is 3.78. The SMILES string of the molecule is CCc1cc(Cn2cc(S(N)(=O)=O)c([N+](=O)[O-])n2)n(C)n1. The fourth-order valence-corrected chi connectivity index (χ4v) is 2.50. The molecule has 0 amide bonds. The van der Waals surface area contributed by atoms with Gasteiger partial charge in [0, 0.05) is 7.05 Å². The summed E-state index contributed by atoms with van der Waals surface area (Å²) in [4.78, 5) is 9.36. The quantitative estimate of drug-likeness (QED) is 0.598. The van der Waals surface area contributed by atoms with Crippen LogP contribution in [0.4, 0.5) is 5.82 Å². The third-order valence-corrected chi connectivity index (χ3v) is 3.80. The van der Waals surface area contributed by atoms with Gasteiger partial charge in [-0.3, -0.25) is 4.68 Å². The monoisotopic (exact) mass is 314 g/mol. The maximum atomic E-state index is 11.3. The Labute approximate surface area is 120 Å². The minimum atomic E-state index is -4.21. The number of rotatable bonds is 5. The van der Waals surface area contributed by atoms with Crippen molar-refractivity contribution in [2.24, 2.45) is 12.2 Å². The van der Waals surface area contributed by atoms with Gasteiger partial charge in [0.2, 0.25) is 14.9 Å². The molecule has 0 saturated heterocycles. The van der Waals surface area contributed by atoms with E-state index in [9.17, 15) is 18.5 Å². The van der Waals surface area contributed by atoms with Gasteiger partial charge in [0.15, 0.2) is 0 Å². The molecule has 2 N–H and O–H groups in total. The number of nitrogens with zero attached hydrogens (tertiary/aromatic N) is 5. The Morgan fingerprint density at radius 3 is 2.52 bits per heavy atom. The summed E-state index contributed by atoms with van der Waals surface area (Å²) in [5.41, 5.74) is 1.60. The lowest BCUT2D eigenvalue weighted by Gasteiger charge is -1.97. The lowest BCUT2D eigenvalue weighted by atomic mass is 10.3. The van der Waals surface area contributed by atoms with Crippen molar-refractivity contribution in [3.05, 3.63) is 33.8 Å². The van der Waals surface area contributed by atoms with Crippen LogP contribution in [-0.4, -0.2) is 32.9 Å². The van der Waals surface area contributed by atoms with E-state index in [0.717, 1.165) is 28.7 Å². The van der Waals surface area contributed by atoms with Gasteiger partial charge in [0.1, 0.15) is 6.54 Å². The summed E-state index contributed by atoms with van der Waals surface area (Å²) >= 11 is 0. The maximum absolute atomic E-state index is 11.3. The normalized spacial score (nSPS) is 11.8. The summed E-state index contributed by atoms with van der Waals surface area (Å²) in [6.07, 6.45) is 1.79. The molecular weight excluding hydrogens is 300 g/mol. The number of hydrogen-bond donors (Lipinski definition) is 1. The lowest BCUT2D eigenvalue weighted by molar-refractivity contribution is -0.392. The molecule has 0 aliphatic carbocycles. The summed E-state index contributed by atoms with van der Waals surface area (Å²) in [5, 5.41) is 23.7. The number of primary sulfonamides is 1. The average molecular weight is 314 g/mol. The highest BCUT2D eigenvalue weighted by Crippen LogP contribution is 2.20. The van der Waals surface area contributed by atoms with Crippen molar-refractivity contribution in [3.63, 3.8) is 0 Å². The molecule has 21 heavy (non-hydrogen) atoms. The van der Waals surface area contributed by atoms with Gasteiger partial charge < -0.3 is 10.1 Å². The summed E-state index contributed by atoms with van der Waals surface area (Å²) in [6, 6.07) is 1.82. The molecule has 0 radical (unpaired) electrons. The van der Waals surface area contributed by atoms with E-state index < -0.39 is 25.7 Å². The number of sulfonamides is 1. The summed E-state index contributed by atoms with van der Waals surface area (Å²) < 4.78 is 25.5. The molecule has 10 nitrogen and oxygen atoms in total. The lowest BCUT2D eigenvalue weighted by Crippen LogP contribution is -2.13. The molecule has 11 heteroatoms. The molecule has 0 aliphatic heterocycles. The highest BCUT2D eigenvalue weighted by Gasteiger charge is 2.29. The fourth-order valence-electron chi connectivity index (χ4n) is 1.86. The van der Waals surface area contributed by atoms with Crippen LogP contribution in [0.25, 0.3) is 0 Å². The molecule has 0 unspecified atom stereocenters. The average Bonchev–Trinajstić information content (AvgIpc) is 2.94. The highest BCUT2D eigenvalue weighted by atomic mass is 32.2. The molecule has 2 aromatic heterocycles. The van der Waals surface area contributed by atoms with E-state index in [2.05, 4.69) is 10.2 Å². The van der Waals surface area contributed by atoms with Crippen LogP contribution in [0.1, 0.15) is 18.3 Å². The van der Waals surface area contributed by atoms with Crippen LogP contribution in [0.5, 0.6) is 0 Å². The van der Waals surface area contributed by atoms with Gasteiger partial charge in [0.05, 0.1) is 22.7 Å². The second-order valence-electron chi connectivity index (χ2n) is 4.42. The molecule has 0 spiro atoms. The van der Waals surface area contributed by atoms with Gasteiger partial charge in [-0.25, -0.2) is 13.6 Å². The standard InChI is InChI=1S/C10H14N6O4S/c1-3-7-4-8(14(2)12-7)5-15-6-9(21(11,19)20)10(13-15)16(17)18/h4,6H,3,5H2,1-2H3,(H2,11,19,20). The van der Waals surface area contributed by atoms with E-state index in [-0.39, 0.29) is 6.54 Å². The predicted octanol–water partition coefficient (Wildman–Crippen LogP) is -0.217. The molecule has 2 aromatic rings. The molecule has 0 saturated carbocycles. The molecule has 2 rings (SSSR count). The molecule has 0 bridgehead atoms. The first-order valence-corrected chi connectivity index (χ1v) is 7.53. The fraction of sp³-hybridized carbons (Fsp3) is 0.400. The van der Waals surface area contributed by atoms with Crippen molar-refractivity contribution in [2.45, 2.75) is 24.8 Å². The number of nitrogens with two attached hydrogens (primary N) is 1. The van der Waals surface area contributed by atoms with E-state index in [1.165, 1.54) is 0 Å². The minimum absolute atomic E-state index is 0.153. The van der Waals surface area contributed by atoms with Crippen LogP contribution in [0.3, 0.4) is 0 Å². The van der Waals surface area contributed by atoms with Gasteiger partial charge in [-0.2, -0.15) is 9.78 Å². The van der Waals surface area contributed by atoms with Crippen LogP contribution in [0.2, 0.25) is 0 Å². The van der Waals surface area contributed by atoms with Crippen molar-refractivity contribution >= 4 is 15.8 Å². The predicted molar refractivity (Wildman–Crippen MR) is 71.9 cm³/mol. The Morgan fingerprint density at radius 1 is 1.43 bits per heavy atom. The molecule has 0 aliphatic rings. The van der Waals surface area contributed by atoms with Crippen molar-refractivity contribution < 1.29 is 13.3 Å². The van der Waals surface area contributed by atoms with Crippen LogP contribution in [0, 0.1) is 10.1 Å². The summed E-state index contributed by atoms with van der Waals surface area (Å²) in [7, 11) is -2.48. The van der Waals surface area contributed by atoms with E-state index in [4.69, 9.17) is 5.14 Å². The van der Waals surface area contributed by atoms with E-state index in [1.807, 2.05) is 13.0 Å². The van der Waals surface area contributed by atoms with Gasteiger partial charge >= 0.3 is 5.82 Å². The number of aryl methyl sites for hydroxylation is 2. The van der Waals surface area contributed by atoms with Crippen molar-refractivity contribution in [1.29, 1.82) is 0 Å². The number of nitro groups is 1. The van der Waals surface area contributed by atoms with Gasteiger partial charge in [0.25, 0.3) is 0 Å². The zero-order valence-electron chi connectivity index (χ0n) is 11.4. The Hall–Kier alpha value is -2.27. The Balaban J connectivity index is 2.41. The summed E-state index contributed by atoms with van der Waals surface area (Å²) in [6.45, 7) is 2.10. The van der Waals surface area contributed by atoms with Gasteiger partial charge in [-0.05, 0) is 17.4 Å². The molecule has 0 fully saturated rings. The first-order valence-electron chi connectivity index (χ1n) is 5.98. The van der Waals surface area contributed by atoms with Crippen LogP contribution < -0.4 is 5.14 Å². The van der Waals surface area contributed by atoms with Gasteiger partial charge in [-0.15, -0.1) is 0 Å². The molecule has 0 aromatic carbocycles.